The topological polar surface area (TPSA) is 86.8 Å². The molecule has 7 nitrogen and oxygen atoms in total. The molecule has 0 heterocycles. The second-order valence-corrected chi connectivity index (χ2v) is 11.6. The van der Waals surface area contributed by atoms with Crippen LogP contribution in [-0.4, -0.2) is 50.0 Å². The van der Waals surface area contributed by atoms with Crippen molar-refractivity contribution in [2.24, 2.45) is 0 Å². The van der Waals surface area contributed by atoms with Crippen LogP contribution in [0.5, 0.6) is 0 Å². The van der Waals surface area contributed by atoms with Crippen LogP contribution in [0.15, 0.2) is 78.9 Å². The summed E-state index contributed by atoms with van der Waals surface area (Å²) in [6.45, 7) is 3.06. The summed E-state index contributed by atoms with van der Waals surface area (Å²) in [5, 5.41) is 3.29. The zero-order valence-corrected chi connectivity index (χ0v) is 23.0. The maximum atomic E-state index is 13.9. The Morgan fingerprint density at radius 2 is 1.53 bits per heavy atom. The zero-order chi connectivity index (χ0) is 27.9. The summed E-state index contributed by atoms with van der Waals surface area (Å²) in [5.74, 6) is -1.40. The van der Waals surface area contributed by atoms with Gasteiger partial charge in [0.15, 0.2) is 0 Å². The number of rotatable bonds is 11. The zero-order valence-electron chi connectivity index (χ0n) is 21.5. The minimum Gasteiger partial charge on any atom is -0.352 e. The van der Waals surface area contributed by atoms with E-state index in [2.05, 4.69) is 5.32 Å². The molecule has 0 saturated heterocycles. The first kappa shape index (κ1) is 29.1. The van der Waals surface area contributed by atoms with E-state index in [9.17, 15) is 22.4 Å². The van der Waals surface area contributed by atoms with Gasteiger partial charge >= 0.3 is 0 Å². The van der Waals surface area contributed by atoms with E-state index in [1.807, 2.05) is 44.2 Å². The van der Waals surface area contributed by atoms with Crippen LogP contribution in [0.4, 0.5) is 10.1 Å². The molecular formula is C28H31ClFN3O4S. The maximum absolute atomic E-state index is 13.9. The molecule has 38 heavy (non-hydrogen) atoms. The highest BCUT2D eigenvalue weighted by Crippen LogP contribution is 2.22. The lowest BCUT2D eigenvalue weighted by atomic mass is 10.0. The van der Waals surface area contributed by atoms with Crippen molar-refractivity contribution in [3.05, 3.63) is 101 Å². The molecular weight excluding hydrogens is 529 g/mol. The van der Waals surface area contributed by atoms with Crippen molar-refractivity contribution in [1.82, 2.24) is 10.2 Å². The Labute approximate surface area is 228 Å². The molecule has 0 radical (unpaired) electrons. The number of hydrogen-bond donors (Lipinski definition) is 1. The van der Waals surface area contributed by atoms with E-state index in [-0.39, 0.29) is 30.6 Å². The van der Waals surface area contributed by atoms with Crippen molar-refractivity contribution in [1.29, 1.82) is 0 Å². The van der Waals surface area contributed by atoms with Gasteiger partial charge in [0.2, 0.25) is 21.8 Å². The summed E-state index contributed by atoms with van der Waals surface area (Å²) in [4.78, 5) is 28.7. The number of anilines is 1. The molecule has 202 valence electrons. The fraction of sp³-hybridized carbons (Fsp3) is 0.286. The number of nitrogens with zero attached hydrogens (tertiary/aromatic N) is 2. The third-order valence-corrected chi connectivity index (χ3v) is 7.15. The molecule has 0 saturated carbocycles. The molecule has 0 aliphatic heterocycles. The van der Waals surface area contributed by atoms with E-state index in [0.717, 1.165) is 16.1 Å². The highest BCUT2D eigenvalue weighted by Gasteiger charge is 2.33. The lowest BCUT2D eigenvalue weighted by Gasteiger charge is -2.34. The van der Waals surface area contributed by atoms with E-state index in [1.54, 1.807) is 0 Å². The first-order chi connectivity index (χ1) is 17.9. The second-order valence-electron chi connectivity index (χ2n) is 9.26. The fourth-order valence-corrected chi connectivity index (χ4v) is 4.92. The summed E-state index contributed by atoms with van der Waals surface area (Å²) >= 11 is 5.97. The van der Waals surface area contributed by atoms with E-state index >= 15 is 0 Å². The summed E-state index contributed by atoms with van der Waals surface area (Å²) in [5.41, 5.74) is 1.68. The molecule has 3 rings (SSSR count). The molecule has 0 aliphatic rings. The third-order valence-electron chi connectivity index (χ3n) is 5.76. The highest BCUT2D eigenvalue weighted by molar-refractivity contribution is 7.92. The predicted octanol–water partition coefficient (Wildman–Crippen LogP) is 4.41. The minimum atomic E-state index is -3.87. The molecule has 0 spiro atoms. The Kier molecular flexibility index (Phi) is 9.88. The molecule has 0 aliphatic carbocycles. The molecule has 1 atom stereocenters. The molecule has 3 aromatic carbocycles. The van der Waals surface area contributed by atoms with Crippen molar-refractivity contribution < 1.29 is 22.4 Å². The third kappa shape index (κ3) is 8.29. The van der Waals surface area contributed by atoms with Crippen LogP contribution in [0.25, 0.3) is 0 Å². The highest BCUT2D eigenvalue weighted by atomic mass is 35.5. The lowest BCUT2D eigenvalue weighted by molar-refractivity contribution is -0.140. The number of benzene rings is 3. The van der Waals surface area contributed by atoms with Crippen LogP contribution >= 0.6 is 11.6 Å². The predicted molar refractivity (Wildman–Crippen MR) is 148 cm³/mol. The number of halogens is 2. The van der Waals surface area contributed by atoms with E-state index in [0.29, 0.717) is 10.6 Å². The summed E-state index contributed by atoms with van der Waals surface area (Å²) in [6.07, 6.45) is 1.21. The van der Waals surface area contributed by atoms with Gasteiger partial charge in [-0.25, -0.2) is 12.8 Å². The molecule has 3 aromatic rings. The smallest absolute Gasteiger partial charge is 0.244 e. The largest absolute Gasteiger partial charge is 0.352 e. The van der Waals surface area contributed by atoms with Gasteiger partial charge in [-0.3, -0.25) is 13.9 Å². The quantitative estimate of drug-likeness (QED) is 0.377. The van der Waals surface area contributed by atoms with Crippen LogP contribution in [0.1, 0.15) is 25.0 Å². The van der Waals surface area contributed by atoms with Gasteiger partial charge in [-0.1, -0.05) is 54.1 Å². The van der Waals surface area contributed by atoms with Gasteiger partial charge in [0.1, 0.15) is 18.4 Å². The van der Waals surface area contributed by atoms with Crippen LogP contribution in [0.2, 0.25) is 5.02 Å². The molecule has 1 N–H and O–H groups in total. The number of sulfonamides is 1. The minimum absolute atomic E-state index is 0.0274. The van der Waals surface area contributed by atoms with E-state index in [4.69, 9.17) is 11.6 Å². The number of carbonyl (C=O) groups excluding carboxylic acids is 2. The summed E-state index contributed by atoms with van der Waals surface area (Å²) < 4.78 is 40.0. The van der Waals surface area contributed by atoms with Gasteiger partial charge in [0.05, 0.1) is 11.9 Å². The summed E-state index contributed by atoms with van der Waals surface area (Å²) in [7, 11) is -3.87. The Morgan fingerprint density at radius 1 is 0.921 bits per heavy atom. The Morgan fingerprint density at radius 3 is 2.08 bits per heavy atom. The van der Waals surface area contributed by atoms with Crippen molar-refractivity contribution in [3.8, 4) is 0 Å². The molecule has 0 unspecified atom stereocenters. The first-order valence-electron chi connectivity index (χ1n) is 12.1. The van der Waals surface area contributed by atoms with Crippen molar-refractivity contribution in [2.75, 3.05) is 17.1 Å². The summed E-state index contributed by atoms with van der Waals surface area (Å²) in [6, 6.07) is 19.8. The van der Waals surface area contributed by atoms with Gasteiger partial charge in [0, 0.05) is 24.0 Å². The number of nitrogens with one attached hydrogen (secondary N) is 1. The van der Waals surface area contributed by atoms with Crippen LogP contribution < -0.4 is 9.62 Å². The standard InChI is InChI=1S/C28H31ClFN3O4S/c1-20(2)31-28(35)26(17-21-7-5-4-6-8-21)32(18-22-9-13-24(30)14-10-22)27(34)19-33(38(3,36)37)25-15-11-23(29)12-16-25/h4-16,20,26H,17-19H2,1-3H3,(H,31,35)/t26-/m0/s1. The molecule has 0 bridgehead atoms. The van der Waals surface area contributed by atoms with Crippen molar-refractivity contribution in [2.45, 2.75) is 38.9 Å². The monoisotopic (exact) mass is 559 g/mol. The van der Waals surface area contributed by atoms with Crippen LogP contribution in [-0.2, 0) is 32.6 Å². The Bertz CT molecular complexity index is 1330. The average molecular weight is 560 g/mol. The fourth-order valence-electron chi connectivity index (χ4n) is 3.94. The number of carbonyl (C=O) groups is 2. The van der Waals surface area contributed by atoms with Crippen LogP contribution in [0, 0.1) is 5.82 Å². The van der Waals surface area contributed by atoms with Gasteiger partial charge in [-0.2, -0.15) is 0 Å². The first-order valence-corrected chi connectivity index (χ1v) is 14.3. The molecule has 2 amide bonds. The Hall–Kier alpha value is -3.43. The second kappa shape index (κ2) is 12.9. The van der Waals surface area contributed by atoms with E-state index < -0.39 is 34.3 Å². The number of hydrogen-bond acceptors (Lipinski definition) is 4. The van der Waals surface area contributed by atoms with Gasteiger partial charge < -0.3 is 10.2 Å². The van der Waals surface area contributed by atoms with Gasteiger partial charge in [-0.15, -0.1) is 0 Å². The van der Waals surface area contributed by atoms with Gasteiger partial charge in [0.25, 0.3) is 0 Å². The molecule has 10 heteroatoms. The number of amides is 2. The van der Waals surface area contributed by atoms with Gasteiger partial charge in [-0.05, 0) is 61.4 Å². The lowest BCUT2D eigenvalue weighted by Crippen LogP contribution is -2.54. The van der Waals surface area contributed by atoms with Crippen molar-refractivity contribution >= 4 is 39.1 Å². The Balaban J connectivity index is 2.04. The van der Waals surface area contributed by atoms with Crippen LogP contribution in [0.3, 0.4) is 0 Å². The van der Waals surface area contributed by atoms with Crippen molar-refractivity contribution in [3.63, 3.8) is 0 Å². The normalized spacial score (nSPS) is 12.2. The SMILES string of the molecule is CC(C)NC(=O)[C@H](Cc1ccccc1)N(Cc1ccc(F)cc1)C(=O)CN(c1ccc(Cl)cc1)S(C)(=O)=O. The average Bonchev–Trinajstić information content (AvgIpc) is 2.86. The van der Waals surface area contributed by atoms with E-state index in [1.165, 1.54) is 53.4 Å². The molecule has 0 fully saturated rings. The maximum Gasteiger partial charge on any atom is 0.244 e. The molecule has 0 aromatic heterocycles.